The minimum absolute atomic E-state index is 0.0629. The van der Waals surface area contributed by atoms with E-state index in [1.807, 2.05) is 0 Å². The van der Waals surface area contributed by atoms with Crippen molar-refractivity contribution < 1.29 is 28.9 Å². The summed E-state index contributed by atoms with van der Waals surface area (Å²) in [6.45, 7) is 1.58. The van der Waals surface area contributed by atoms with Crippen LogP contribution in [-0.4, -0.2) is 42.6 Å². The molecular formula is C11H16O6. The zero-order valence-electron chi connectivity index (χ0n) is 9.59. The Balaban J connectivity index is 2.54. The van der Waals surface area contributed by atoms with E-state index in [1.165, 1.54) is 6.07 Å². The van der Waals surface area contributed by atoms with E-state index >= 15 is 0 Å². The first-order chi connectivity index (χ1) is 8.19. The first-order valence-electron chi connectivity index (χ1n) is 5.29. The zero-order valence-corrected chi connectivity index (χ0v) is 9.59. The molecule has 1 rings (SSSR count). The normalized spacial score (nSPS) is 12.4. The second-order valence-electron chi connectivity index (χ2n) is 3.30. The van der Waals surface area contributed by atoms with Gasteiger partial charge >= 0.3 is 5.97 Å². The number of rotatable bonds is 7. The fraction of sp³-hybridized carbons (Fsp3) is 0.545. The molecule has 1 heterocycles. The summed E-state index contributed by atoms with van der Waals surface area (Å²) >= 11 is 0. The highest BCUT2D eigenvalue weighted by Gasteiger charge is 2.16. The largest absolute Gasteiger partial charge is 0.457 e. The fourth-order valence-electron chi connectivity index (χ4n) is 1.20. The molecule has 0 spiro atoms. The van der Waals surface area contributed by atoms with Gasteiger partial charge in [-0.3, -0.25) is 0 Å². The zero-order chi connectivity index (χ0) is 12.7. The Morgan fingerprint density at radius 2 is 2.06 bits per heavy atom. The number of furan rings is 1. The molecule has 0 aromatic carbocycles. The van der Waals surface area contributed by atoms with Crippen LogP contribution in [0.5, 0.6) is 0 Å². The molecule has 1 unspecified atom stereocenters. The number of ether oxygens (including phenoxy) is 2. The molecule has 0 saturated heterocycles. The number of esters is 1. The number of carbonyl (C=O) groups is 1. The van der Waals surface area contributed by atoms with Gasteiger partial charge in [0, 0.05) is 0 Å². The van der Waals surface area contributed by atoms with Gasteiger partial charge in [0.05, 0.1) is 19.8 Å². The first-order valence-corrected chi connectivity index (χ1v) is 5.29. The maximum absolute atomic E-state index is 11.3. The average molecular weight is 244 g/mol. The monoisotopic (exact) mass is 244 g/mol. The highest BCUT2D eigenvalue weighted by atomic mass is 16.6. The van der Waals surface area contributed by atoms with E-state index in [4.69, 9.17) is 19.4 Å². The van der Waals surface area contributed by atoms with E-state index in [0.29, 0.717) is 5.76 Å². The molecule has 1 aromatic heterocycles. The van der Waals surface area contributed by atoms with E-state index in [9.17, 15) is 4.79 Å². The highest BCUT2D eigenvalue weighted by molar-refractivity contribution is 5.86. The van der Waals surface area contributed by atoms with Gasteiger partial charge in [-0.1, -0.05) is 0 Å². The molecule has 0 fully saturated rings. The van der Waals surface area contributed by atoms with E-state index in [1.54, 1.807) is 13.0 Å². The second kappa shape index (κ2) is 7.05. The van der Waals surface area contributed by atoms with E-state index < -0.39 is 5.97 Å². The lowest BCUT2D eigenvalue weighted by Crippen LogP contribution is -2.08. The SMILES string of the molecule is CC(OCCO)c1ccc(C(=O)OCCO)o1. The lowest BCUT2D eigenvalue weighted by atomic mass is 10.3. The Labute approximate surface area is 98.8 Å². The number of aliphatic hydroxyl groups excluding tert-OH is 2. The maximum atomic E-state index is 11.3. The van der Waals surface area contributed by atoms with Crippen molar-refractivity contribution in [1.82, 2.24) is 0 Å². The van der Waals surface area contributed by atoms with Crippen molar-refractivity contribution in [1.29, 1.82) is 0 Å². The minimum Gasteiger partial charge on any atom is -0.457 e. The van der Waals surface area contributed by atoms with Gasteiger partial charge in [-0.2, -0.15) is 0 Å². The lowest BCUT2D eigenvalue weighted by Gasteiger charge is -2.08. The maximum Gasteiger partial charge on any atom is 0.374 e. The third-order valence-electron chi connectivity index (χ3n) is 2.01. The molecule has 6 nitrogen and oxygen atoms in total. The minimum atomic E-state index is -0.625. The van der Waals surface area contributed by atoms with Gasteiger partial charge in [0.1, 0.15) is 18.5 Å². The van der Waals surface area contributed by atoms with Crippen molar-refractivity contribution in [2.75, 3.05) is 26.4 Å². The van der Waals surface area contributed by atoms with Crippen LogP contribution in [0.15, 0.2) is 16.5 Å². The average Bonchev–Trinajstić information content (AvgIpc) is 2.82. The fourth-order valence-corrected chi connectivity index (χ4v) is 1.20. The van der Waals surface area contributed by atoms with Crippen molar-refractivity contribution in [2.45, 2.75) is 13.0 Å². The van der Waals surface area contributed by atoms with Crippen LogP contribution in [0.2, 0.25) is 0 Å². The third-order valence-corrected chi connectivity index (χ3v) is 2.01. The number of carbonyl (C=O) groups excluding carboxylic acids is 1. The van der Waals surface area contributed by atoms with Crippen molar-refractivity contribution >= 4 is 5.97 Å². The van der Waals surface area contributed by atoms with Crippen LogP contribution >= 0.6 is 0 Å². The van der Waals surface area contributed by atoms with Crippen LogP contribution in [0.25, 0.3) is 0 Å². The molecule has 0 radical (unpaired) electrons. The summed E-state index contributed by atoms with van der Waals surface area (Å²) in [7, 11) is 0. The topological polar surface area (TPSA) is 89.1 Å². The standard InChI is InChI=1S/C11H16O6/c1-8(15-6-4-12)9-2-3-10(17-9)11(14)16-7-5-13/h2-3,8,12-13H,4-7H2,1H3. The number of aliphatic hydroxyl groups is 2. The first kappa shape index (κ1) is 13.7. The van der Waals surface area contributed by atoms with Crippen molar-refractivity contribution in [3.05, 3.63) is 23.7 Å². The Morgan fingerprint density at radius 1 is 1.35 bits per heavy atom. The molecule has 0 bridgehead atoms. The molecule has 0 saturated carbocycles. The van der Waals surface area contributed by atoms with Crippen LogP contribution in [-0.2, 0) is 9.47 Å². The predicted molar refractivity (Wildman–Crippen MR) is 57.5 cm³/mol. The molecular weight excluding hydrogens is 228 g/mol. The highest BCUT2D eigenvalue weighted by Crippen LogP contribution is 2.19. The summed E-state index contributed by atoms with van der Waals surface area (Å²) in [6.07, 6.45) is -0.346. The molecule has 1 atom stereocenters. The van der Waals surface area contributed by atoms with Gasteiger partial charge in [-0.05, 0) is 19.1 Å². The Kier molecular flexibility index (Phi) is 5.68. The van der Waals surface area contributed by atoms with Gasteiger partial charge in [-0.15, -0.1) is 0 Å². The van der Waals surface area contributed by atoms with Gasteiger partial charge < -0.3 is 24.1 Å². The van der Waals surface area contributed by atoms with Crippen LogP contribution in [0.3, 0.4) is 0 Å². The molecule has 6 heteroatoms. The Hall–Kier alpha value is -1.37. The predicted octanol–water partition coefficient (Wildman–Crippen LogP) is 0.499. The van der Waals surface area contributed by atoms with Crippen molar-refractivity contribution in [3.63, 3.8) is 0 Å². The molecule has 1 aromatic rings. The Morgan fingerprint density at radius 3 is 2.71 bits per heavy atom. The van der Waals surface area contributed by atoms with Gasteiger partial charge in [0.15, 0.2) is 0 Å². The van der Waals surface area contributed by atoms with E-state index in [2.05, 4.69) is 4.74 Å². The van der Waals surface area contributed by atoms with Crippen LogP contribution in [0.4, 0.5) is 0 Å². The third kappa shape index (κ3) is 4.18. The Bertz CT molecular complexity index is 345. The molecule has 17 heavy (non-hydrogen) atoms. The van der Waals surface area contributed by atoms with Crippen LogP contribution in [0, 0.1) is 0 Å². The lowest BCUT2D eigenvalue weighted by molar-refractivity contribution is 0.0233. The van der Waals surface area contributed by atoms with Crippen LogP contribution < -0.4 is 0 Å². The molecule has 2 N–H and O–H groups in total. The van der Waals surface area contributed by atoms with Crippen LogP contribution in [0.1, 0.15) is 29.3 Å². The molecule has 0 aliphatic heterocycles. The van der Waals surface area contributed by atoms with Gasteiger partial charge in [-0.25, -0.2) is 4.79 Å². The summed E-state index contributed by atoms with van der Waals surface area (Å²) in [6, 6.07) is 3.09. The molecule has 96 valence electrons. The summed E-state index contributed by atoms with van der Waals surface area (Å²) in [5.74, 6) is -0.0815. The van der Waals surface area contributed by atoms with Crippen molar-refractivity contribution in [2.24, 2.45) is 0 Å². The molecule has 0 aliphatic carbocycles. The summed E-state index contributed by atoms with van der Waals surface area (Å²) in [5.41, 5.74) is 0. The number of hydrogen-bond donors (Lipinski definition) is 2. The second-order valence-corrected chi connectivity index (χ2v) is 3.30. The number of hydrogen-bond acceptors (Lipinski definition) is 6. The molecule has 0 amide bonds. The smallest absolute Gasteiger partial charge is 0.374 e. The summed E-state index contributed by atoms with van der Waals surface area (Å²) < 4.78 is 15.1. The van der Waals surface area contributed by atoms with Gasteiger partial charge in [0.2, 0.25) is 5.76 Å². The summed E-state index contributed by atoms with van der Waals surface area (Å²) in [5, 5.41) is 17.1. The quantitative estimate of drug-likeness (QED) is 0.679. The van der Waals surface area contributed by atoms with Gasteiger partial charge in [0.25, 0.3) is 0 Å². The van der Waals surface area contributed by atoms with E-state index in [-0.39, 0.29) is 38.3 Å². The molecule has 0 aliphatic rings. The van der Waals surface area contributed by atoms with E-state index in [0.717, 1.165) is 0 Å². The van der Waals surface area contributed by atoms with Crippen molar-refractivity contribution in [3.8, 4) is 0 Å². The summed E-state index contributed by atoms with van der Waals surface area (Å²) in [4.78, 5) is 11.3.